The minimum atomic E-state index is -0.736. The van der Waals surface area contributed by atoms with E-state index in [0.29, 0.717) is 22.7 Å². The van der Waals surface area contributed by atoms with E-state index in [0.717, 1.165) is 42.5 Å². The number of aryl methyl sites for hydroxylation is 1. The second-order valence-electron chi connectivity index (χ2n) is 10.9. The maximum absolute atomic E-state index is 14.1. The molecule has 0 N–H and O–H groups in total. The first-order valence-electron chi connectivity index (χ1n) is 14.7. The predicted octanol–water partition coefficient (Wildman–Crippen LogP) is 8.46. The van der Waals surface area contributed by atoms with Gasteiger partial charge >= 0.3 is 6.03 Å². The van der Waals surface area contributed by atoms with Crippen molar-refractivity contribution in [2.24, 2.45) is 0 Å². The zero-order chi connectivity index (χ0) is 30.9. The second-order valence-corrected chi connectivity index (χ2v) is 10.9. The molecule has 6 aromatic rings. The largest absolute Gasteiger partial charge is 0.488 e. The van der Waals surface area contributed by atoms with E-state index in [2.05, 4.69) is 31.2 Å². The van der Waals surface area contributed by atoms with Crippen LogP contribution < -0.4 is 14.5 Å². The first kappa shape index (κ1) is 27.8. The molecule has 0 saturated carbocycles. The molecule has 1 saturated heterocycles. The normalized spacial score (nSPS) is 13.5. The number of amides is 4. The van der Waals surface area contributed by atoms with Crippen molar-refractivity contribution in [2.75, 3.05) is 9.80 Å². The maximum atomic E-state index is 14.1. The number of rotatable bonds is 6. The zero-order valence-corrected chi connectivity index (χ0v) is 24.5. The number of hydrogen-bond acceptors (Lipinski definition) is 4. The summed E-state index contributed by atoms with van der Waals surface area (Å²) in [6.07, 6.45) is 1.57. The third-order valence-electron chi connectivity index (χ3n) is 8.14. The highest BCUT2D eigenvalue weighted by Crippen LogP contribution is 2.35. The van der Waals surface area contributed by atoms with Gasteiger partial charge in [-0.2, -0.15) is 0 Å². The minimum Gasteiger partial charge on any atom is -0.488 e. The average molecular weight is 589 g/mol. The zero-order valence-electron chi connectivity index (χ0n) is 24.5. The van der Waals surface area contributed by atoms with Crippen LogP contribution in [0.5, 0.6) is 5.75 Å². The Morgan fingerprint density at radius 3 is 1.71 bits per heavy atom. The molecule has 0 aromatic heterocycles. The summed E-state index contributed by atoms with van der Waals surface area (Å²) in [6.45, 7) is 2.34. The van der Waals surface area contributed by atoms with Gasteiger partial charge in [0.2, 0.25) is 0 Å². The van der Waals surface area contributed by atoms with E-state index in [9.17, 15) is 14.4 Å². The molecule has 6 heteroatoms. The predicted molar refractivity (Wildman–Crippen MR) is 178 cm³/mol. The number of imide groups is 2. The van der Waals surface area contributed by atoms with Gasteiger partial charge in [-0.15, -0.1) is 0 Å². The van der Waals surface area contributed by atoms with Gasteiger partial charge in [0, 0.05) is 11.1 Å². The molecule has 7 rings (SSSR count). The molecule has 0 bridgehead atoms. The lowest BCUT2D eigenvalue weighted by Crippen LogP contribution is -2.57. The molecule has 218 valence electrons. The Hall–Kier alpha value is -6.01. The summed E-state index contributed by atoms with van der Waals surface area (Å²) in [4.78, 5) is 44.1. The van der Waals surface area contributed by atoms with E-state index in [1.165, 1.54) is 0 Å². The minimum absolute atomic E-state index is 0.148. The van der Waals surface area contributed by atoms with Crippen molar-refractivity contribution >= 4 is 56.8 Å². The molecule has 0 atom stereocenters. The fourth-order valence-corrected chi connectivity index (χ4v) is 5.82. The first-order chi connectivity index (χ1) is 22.0. The number of anilines is 2. The molecule has 4 amide bonds. The summed E-state index contributed by atoms with van der Waals surface area (Å²) < 4.78 is 6.52. The third kappa shape index (κ3) is 5.02. The summed E-state index contributed by atoms with van der Waals surface area (Å²) in [6, 6.07) is 40.5. The van der Waals surface area contributed by atoms with Gasteiger partial charge in [-0.3, -0.25) is 9.59 Å². The van der Waals surface area contributed by atoms with E-state index in [1.807, 2.05) is 48.5 Å². The summed E-state index contributed by atoms with van der Waals surface area (Å²) in [5, 5.41) is 3.95. The van der Waals surface area contributed by atoms with E-state index in [1.54, 1.807) is 66.7 Å². The van der Waals surface area contributed by atoms with Crippen molar-refractivity contribution in [1.29, 1.82) is 0 Å². The molecule has 1 aliphatic rings. The van der Waals surface area contributed by atoms with Gasteiger partial charge < -0.3 is 4.74 Å². The van der Waals surface area contributed by atoms with Gasteiger partial charge in [0.15, 0.2) is 0 Å². The van der Waals surface area contributed by atoms with Crippen LogP contribution in [0.4, 0.5) is 16.2 Å². The molecule has 1 heterocycles. The molecule has 0 unspecified atom stereocenters. The highest BCUT2D eigenvalue weighted by molar-refractivity contribution is 6.46. The Balaban J connectivity index is 1.38. The van der Waals surface area contributed by atoms with Crippen LogP contribution in [-0.4, -0.2) is 17.8 Å². The molecule has 1 aliphatic heterocycles. The number of ether oxygens (including phenoxy) is 1. The van der Waals surface area contributed by atoms with Crippen LogP contribution in [0, 0.1) is 6.92 Å². The number of hydrogen-bond donors (Lipinski definition) is 0. The number of urea groups is 1. The van der Waals surface area contributed by atoms with Crippen molar-refractivity contribution in [3.8, 4) is 5.75 Å². The SMILES string of the molecule is Cc1ccc2ccccc2c1COc1ccc2ccccc2c1C=C1C(=O)N(c2ccccc2)C(=O)N(c2ccccc2)C1=O. The Labute approximate surface area is 260 Å². The molecule has 0 radical (unpaired) electrons. The fourth-order valence-electron chi connectivity index (χ4n) is 5.82. The van der Waals surface area contributed by atoms with E-state index < -0.39 is 17.8 Å². The number of para-hydroxylation sites is 2. The van der Waals surface area contributed by atoms with Gasteiger partial charge in [0.1, 0.15) is 17.9 Å². The summed E-state index contributed by atoms with van der Waals surface area (Å²) in [5.41, 5.74) is 3.33. The first-order valence-corrected chi connectivity index (χ1v) is 14.7. The van der Waals surface area contributed by atoms with Gasteiger partial charge in [-0.05, 0) is 70.4 Å². The lowest BCUT2D eigenvalue weighted by atomic mass is 9.98. The Morgan fingerprint density at radius 2 is 1.09 bits per heavy atom. The van der Waals surface area contributed by atoms with Crippen molar-refractivity contribution < 1.29 is 19.1 Å². The highest BCUT2D eigenvalue weighted by atomic mass is 16.5. The standard InChI is InChI=1S/C39H28N2O4/c1-26-20-21-27-12-9-11-19-32(27)35(26)25-45-36-23-22-28-13-8-10-18-31(28)33(36)24-34-37(42)40(29-14-4-2-5-15-29)39(44)41(38(34)43)30-16-6-3-7-17-30/h2-24H,25H2,1H3. The number of benzene rings is 6. The number of fused-ring (bicyclic) bond motifs is 2. The van der Waals surface area contributed by atoms with Crippen LogP contribution in [0.3, 0.4) is 0 Å². The molecule has 6 nitrogen and oxygen atoms in total. The highest BCUT2D eigenvalue weighted by Gasteiger charge is 2.43. The van der Waals surface area contributed by atoms with Crippen LogP contribution in [0.15, 0.2) is 139 Å². The summed E-state index contributed by atoms with van der Waals surface area (Å²) >= 11 is 0. The monoisotopic (exact) mass is 588 g/mol. The van der Waals surface area contributed by atoms with Gasteiger partial charge in [0.25, 0.3) is 11.8 Å². The van der Waals surface area contributed by atoms with Crippen molar-refractivity contribution in [2.45, 2.75) is 13.5 Å². The molecular weight excluding hydrogens is 560 g/mol. The quantitative estimate of drug-likeness (QED) is 0.145. The summed E-state index contributed by atoms with van der Waals surface area (Å²) in [7, 11) is 0. The van der Waals surface area contributed by atoms with Gasteiger partial charge in [-0.25, -0.2) is 14.6 Å². The maximum Gasteiger partial charge on any atom is 0.343 e. The second kappa shape index (κ2) is 11.6. The van der Waals surface area contributed by atoms with Crippen LogP contribution in [0.1, 0.15) is 16.7 Å². The smallest absolute Gasteiger partial charge is 0.343 e. The van der Waals surface area contributed by atoms with Crippen molar-refractivity contribution in [1.82, 2.24) is 0 Å². The van der Waals surface area contributed by atoms with Crippen LogP contribution >= 0.6 is 0 Å². The fraction of sp³-hybridized carbons (Fsp3) is 0.0513. The Bertz CT molecular complexity index is 2070. The van der Waals surface area contributed by atoms with Gasteiger partial charge in [-0.1, -0.05) is 103 Å². The average Bonchev–Trinajstić information content (AvgIpc) is 3.07. The number of carbonyl (C=O) groups is 3. The van der Waals surface area contributed by atoms with Crippen molar-refractivity contribution in [3.63, 3.8) is 0 Å². The van der Waals surface area contributed by atoms with Crippen LogP contribution in [0.2, 0.25) is 0 Å². The van der Waals surface area contributed by atoms with Gasteiger partial charge in [0.05, 0.1) is 11.4 Å². The Morgan fingerprint density at radius 1 is 0.578 bits per heavy atom. The van der Waals surface area contributed by atoms with E-state index in [4.69, 9.17) is 4.74 Å². The molecular formula is C39H28N2O4. The van der Waals surface area contributed by atoms with E-state index >= 15 is 0 Å². The number of nitrogens with zero attached hydrogens (tertiary/aromatic N) is 2. The van der Waals surface area contributed by atoms with Crippen LogP contribution in [0.25, 0.3) is 27.6 Å². The Kier molecular flexibility index (Phi) is 7.16. The topological polar surface area (TPSA) is 66.9 Å². The van der Waals surface area contributed by atoms with Crippen LogP contribution in [-0.2, 0) is 16.2 Å². The van der Waals surface area contributed by atoms with Crippen molar-refractivity contribution in [3.05, 3.63) is 156 Å². The molecule has 6 aromatic carbocycles. The van der Waals surface area contributed by atoms with E-state index in [-0.39, 0.29) is 12.2 Å². The lowest BCUT2D eigenvalue weighted by molar-refractivity contribution is -0.121. The molecule has 1 fully saturated rings. The number of carbonyl (C=O) groups excluding carboxylic acids is 3. The molecule has 45 heavy (non-hydrogen) atoms. The molecule has 0 spiro atoms. The third-order valence-corrected chi connectivity index (χ3v) is 8.14. The number of barbiturate groups is 1. The molecule has 0 aliphatic carbocycles. The summed E-state index contributed by atoms with van der Waals surface area (Å²) in [5.74, 6) is -0.886. The lowest BCUT2D eigenvalue weighted by Gasteiger charge is -2.34.